The Morgan fingerprint density at radius 3 is 2.75 bits per heavy atom. The van der Waals surface area contributed by atoms with E-state index in [2.05, 4.69) is 23.3 Å². The molecule has 1 N–H and O–H groups in total. The fraction of sp³-hybridized carbons (Fsp3) is 0.538. The van der Waals surface area contributed by atoms with Gasteiger partial charge in [-0.25, -0.2) is 0 Å². The highest BCUT2D eigenvalue weighted by atomic mass is 14.9. The maximum absolute atomic E-state index is 9.13. The van der Waals surface area contributed by atoms with Crippen molar-refractivity contribution in [2.24, 2.45) is 5.92 Å². The molecule has 1 aromatic heterocycles. The molecule has 1 aromatic rings. The average Bonchev–Trinajstić information content (AvgIpc) is 2.99. The van der Waals surface area contributed by atoms with Gasteiger partial charge in [-0.1, -0.05) is 0 Å². The van der Waals surface area contributed by atoms with E-state index in [0.29, 0.717) is 11.6 Å². The van der Waals surface area contributed by atoms with E-state index in [0.717, 1.165) is 23.0 Å². The molecule has 0 saturated heterocycles. The molecule has 1 unspecified atom stereocenters. The second-order valence-electron chi connectivity index (χ2n) is 4.65. The third-order valence-electron chi connectivity index (χ3n) is 3.15. The minimum Gasteiger partial charge on any atom is -0.381 e. The van der Waals surface area contributed by atoms with Crippen molar-refractivity contribution in [3.8, 4) is 6.07 Å². The Labute approximate surface area is 96.5 Å². The topological polar surface area (TPSA) is 48.7 Å². The van der Waals surface area contributed by atoms with Crippen molar-refractivity contribution >= 4 is 5.69 Å². The molecule has 0 amide bonds. The lowest BCUT2D eigenvalue weighted by Crippen LogP contribution is -2.18. The maximum atomic E-state index is 9.13. The molecule has 2 rings (SSSR count). The Hall–Kier alpha value is -1.56. The van der Waals surface area contributed by atoms with Crippen LogP contribution in [0, 0.1) is 31.1 Å². The van der Waals surface area contributed by atoms with Crippen LogP contribution in [0.5, 0.6) is 0 Å². The molecule has 3 heteroatoms. The van der Waals surface area contributed by atoms with Gasteiger partial charge in [-0.2, -0.15) is 5.26 Å². The summed E-state index contributed by atoms with van der Waals surface area (Å²) in [7, 11) is 0. The monoisotopic (exact) mass is 215 g/mol. The Balaban J connectivity index is 2.27. The van der Waals surface area contributed by atoms with Crippen LogP contribution in [-0.2, 0) is 0 Å². The molecular formula is C13H17N3. The lowest BCUT2D eigenvalue weighted by molar-refractivity contribution is 0.693. The first kappa shape index (κ1) is 10.9. The van der Waals surface area contributed by atoms with Gasteiger partial charge in [0, 0.05) is 11.7 Å². The quantitative estimate of drug-likeness (QED) is 0.843. The van der Waals surface area contributed by atoms with Crippen molar-refractivity contribution in [1.29, 1.82) is 5.26 Å². The molecule has 16 heavy (non-hydrogen) atoms. The number of rotatable bonds is 3. The molecule has 3 nitrogen and oxygen atoms in total. The second-order valence-corrected chi connectivity index (χ2v) is 4.65. The summed E-state index contributed by atoms with van der Waals surface area (Å²) in [6, 6.07) is 4.65. The smallest absolute Gasteiger partial charge is 0.103 e. The molecule has 84 valence electrons. The first-order chi connectivity index (χ1) is 7.61. The highest BCUT2D eigenvalue weighted by molar-refractivity contribution is 5.60. The van der Waals surface area contributed by atoms with Crippen molar-refractivity contribution in [2.45, 2.75) is 39.7 Å². The van der Waals surface area contributed by atoms with Crippen LogP contribution in [0.2, 0.25) is 0 Å². The summed E-state index contributed by atoms with van der Waals surface area (Å²) in [6.07, 6.45) is 2.61. The fourth-order valence-electron chi connectivity index (χ4n) is 2.04. The third kappa shape index (κ3) is 2.16. The summed E-state index contributed by atoms with van der Waals surface area (Å²) in [5.41, 5.74) is 3.39. The van der Waals surface area contributed by atoms with Crippen LogP contribution >= 0.6 is 0 Å². The largest absolute Gasteiger partial charge is 0.381 e. The number of hydrogen-bond donors (Lipinski definition) is 1. The lowest BCUT2D eigenvalue weighted by atomic mass is 10.1. The van der Waals surface area contributed by atoms with Crippen LogP contribution in [0.3, 0.4) is 0 Å². The normalized spacial score (nSPS) is 16.6. The first-order valence-electron chi connectivity index (χ1n) is 5.76. The van der Waals surface area contributed by atoms with Crippen LogP contribution in [0.4, 0.5) is 5.69 Å². The van der Waals surface area contributed by atoms with Gasteiger partial charge in [0.1, 0.15) is 6.07 Å². The molecule has 1 atom stereocenters. The molecule has 0 aromatic carbocycles. The highest BCUT2D eigenvalue weighted by Gasteiger charge is 2.28. The number of nitrogens with one attached hydrogen (secondary N) is 1. The third-order valence-corrected chi connectivity index (χ3v) is 3.15. The number of nitrogens with zero attached hydrogens (tertiary/aromatic N) is 2. The van der Waals surface area contributed by atoms with Crippen molar-refractivity contribution < 1.29 is 0 Å². The number of hydrogen-bond acceptors (Lipinski definition) is 3. The number of anilines is 1. The van der Waals surface area contributed by atoms with Crippen LogP contribution in [0.25, 0.3) is 0 Å². The van der Waals surface area contributed by atoms with E-state index >= 15 is 0 Å². The van der Waals surface area contributed by atoms with Gasteiger partial charge in [0.25, 0.3) is 0 Å². The maximum Gasteiger partial charge on any atom is 0.103 e. The van der Waals surface area contributed by atoms with E-state index in [9.17, 15) is 0 Å². The number of aryl methyl sites for hydroxylation is 2. The van der Waals surface area contributed by atoms with Gasteiger partial charge in [0.05, 0.1) is 16.9 Å². The summed E-state index contributed by atoms with van der Waals surface area (Å²) in [6.45, 7) is 6.03. The van der Waals surface area contributed by atoms with Crippen LogP contribution < -0.4 is 5.32 Å². The van der Waals surface area contributed by atoms with E-state index in [4.69, 9.17) is 5.26 Å². The first-order valence-corrected chi connectivity index (χ1v) is 5.76. The van der Waals surface area contributed by atoms with Gasteiger partial charge < -0.3 is 5.32 Å². The molecule has 1 heterocycles. The zero-order valence-corrected chi connectivity index (χ0v) is 10.0. The van der Waals surface area contributed by atoms with Crippen molar-refractivity contribution in [2.75, 3.05) is 5.32 Å². The summed E-state index contributed by atoms with van der Waals surface area (Å²) in [5.74, 6) is 0.778. The van der Waals surface area contributed by atoms with Crippen molar-refractivity contribution in [1.82, 2.24) is 4.98 Å². The minimum atomic E-state index is 0.452. The van der Waals surface area contributed by atoms with E-state index in [1.54, 1.807) is 0 Å². The van der Waals surface area contributed by atoms with Gasteiger partial charge in [-0.15, -0.1) is 0 Å². The summed E-state index contributed by atoms with van der Waals surface area (Å²) >= 11 is 0. The van der Waals surface area contributed by atoms with Crippen molar-refractivity contribution in [3.05, 3.63) is 23.0 Å². The zero-order chi connectivity index (χ0) is 11.7. The Bertz CT molecular complexity index is 441. The van der Waals surface area contributed by atoms with E-state index in [1.165, 1.54) is 12.8 Å². The summed E-state index contributed by atoms with van der Waals surface area (Å²) in [4.78, 5) is 4.31. The van der Waals surface area contributed by atoms with Gasteiger partial charge in [-0.3, -0.25) is 4.98 Å². The lowest BCUT2D eigenvalue weighted by Gasteiger charge is -2.16. The van der Waals surface area contributed by atoms with E-state index in [-0.39, 0.29) is 0 Å². The van der Waals surface area contributed by atoms with Crippen LogP contribution in [0.15, 0.2) is 6.07 Å². The number of nitriles is 1. The van der Waals surface area contributed by atoms with Crippen LogP contribution in [-0.4, -0.2) is 11.0 Å². The van der Waals surface area contributed by atoms with Crippen LogP contribution in [0.1, 0.15) is 36.7 Å². The molecule has 0 radical (unpaired) electrons. The Morgan fingerprint density at radius 1 is 1.50 bits per heavy atom. The molecular weight excluding hydrogens is 198 g/mol. The average molecular weight is 215 g/mol. The highest BCUT2D eigenvalue weighted by Crippen LogP contribution is 2.34. The second kappa shape index (κ2) is 4.13. The van der Waals surface area contributed by atoms with E-state index < -0.39 is 0 Å². The Morgan fingerprint density at radius 2 is 2.19 bits per heavy atom. The standard InChI is InChI=1S/C13H17N3/c1-8-6-13(12(7-14)10(3)15-8)16-9(2)11-4-5-11/h6,9,11H,4-5H2,1-3H3,(H,15,16). The Kier molecular flexibility index (Phi) is 2.82. The predicted octanol–water partition coefficient (Wildman–Crippen LogP) is 2.78. The van der Waals surface area contributed by atoms with Gasteiger partial charge in [0.15, 0.2) is 0 Å². The molecule has 1 aliphatic carbocycles. The fourth-order valence-corrected chi connectivity index (χ4v) is 2.04. The molecule has 0 bridgehead atoms. The molecule has 0 aliphatic heterocycles. The van der Waals surface area contributed by atoms with Gasteiger partial charge in [0.2, 0.25) is 0 Å². The number of pyridine rings is 1. The molecule has 1 aliphatic rings. The number of aromatic nitrogens is 1. The van der Waals surface area contributed by atoms with E-state index in [1.807, 2.05) is 19.9 Å². The van der Waals surface area contributed by atoms with Gasteiger partial charge >= 0.3 is 0 Å². The minimum absolute atomic E-state index is 0.452. The van der Waals surface area contributed by atoms with Gasteiger partial charge in [-0.05, 0) is 45.6 Å². The molecule has 1 saturated carbocycles. The summed E-state index contributed by atoms with van der Waals surface area (Å²) in [5, 5.41) is 12.6. The zero-order valence-electron chi connectivity index (χ0n) is 10.0. The predicted molar refractivity (Wildman–Crippen MR) is 64.2 cm³/mol. The molecule has 1 fully saturated rings. The molecule has 0 spiro atoms. The van der Waals surface area contributed by atoms with Crippen molar-refractivity contribution in [3.63, 3.8) is 0 Å². The SMILES string of the molecule is Cc1cc(NC(C)C2CC2)c(C#N)c(C)n1. The summed E-state index contributed by atoms with van der Waals surface area (Å²) < 4.78 is 0.